The quantitative estimate of drug-likeness (QED) is 0.156. The molecule has 0 N–H and O–H groups in total. The number of benzene rings is 8. The molecule has 0 saturated carbocycles. The molecule has 0 heteroatoms. The minimum absolute atomic E-state index is 0.110. The lowest BCUT2D eigenvalue weighted by Crippen LogP contribution is -2.16. The van der Waals surface area contributed by atoms with Crippen molar-refractivity contribution in [3.05, 3.63) is 160 Å². The minimum atomic E-state index is -0.110. The van der Waals surface area contributed by atoms with E-state index in [1.54, 1.807) is 0 Å². The van der Waals surface area contributed by atoms with Gasteiger partial charge in [-0.2, -0.15) is 0 Å². The summed E-state index contributed by atoms with van der Waals surface area (Å²) in [6, 6.07) is 41.9. The number of aryl methyl sites for hydroxylation is 1. The monoisotopic (exact) mass is 714 g/mol. The molecule has 0 unspecified atom stereocenters. The first-order valence-corrected chi connectivity index (χ1v) is 20.9. The van der Waals surface area contributed by atoms with E-state index in [0.29, 0.717) is 0 Å². The molecule has 55 heavy (non-hydrogen) atoms. The zero-order valence-electron chi connectivity index (χ0n) is 34.0. The van der Waals surface area contributed by atoms with E-state index in [4.69, 9.17) is 0 Å². The normalized spacial score (nSPS) is 15.0. The van der Waals surface area contributed by atoms with Gasteiger partial charge in [0.25, 0.3) is 0 Å². The second kappa shape index (κ2) is 14.6. The van der Waals surface area contributed by atoms with Gasteiger partial charge in [0.05, 0.1) is 0 Å². The topological polar surface area (TPSA) is 0 Å². The van der Waals surface area contributed by atoms with Gasteiger partial charge in [-0.15, -0.1) is 0 Å². The van der Waals surface area contributed by atoms with Gasteiger partial charge in [0.1, 0.15) is 0 Å². The third kappa shape index (κ3) is 5.72. The van der Waals surface area contributed by atoms with Crippen molar-refractivity contribution in [1.82, 2.24) is 0 Å². The number of hydrogen-bond acceptors (Lipinski definition) is 0. The second-order valence-corrected chi connectivity index (χ2v) is 15.4. The summed E-state index contributed by atoms with van der Waals surface area (Å²) in [6.45, 7) is 17.1. The van der Waals surface area contributed by atoms with Gasteiger partial charge in [-0.05, 0) is 141 Å². The highest BCUT2D eigenvalue weighted by molar-refractivity contribution is 6.25. The van der Waals surface area contributed by atoms with Crippen molar-refractivity contribution in [2.45, 2.75) is 86.5 Å². The Hall–Kier alpha value is -5.46. The number of allylic oxidation sites excluding steroid dienone is 6. The molecule has 274 valence electrons. The van der Waals surface area contributed by atoms with Crippen molar-refractivity contribution in [3.63, 3.8) is 0 Å². The fourth-order valence-corrected chi connectivity index (χ4v) is 9.57. The van der Waals surface area contributed by atoms with Crippen molar-refractivity contribution in [2.24, 2.45) is 0 Å². The largest absolute Gasteiger partial charge is 0.0795 e. The van der Waals surface area contributed by atoms with Crippen LogP contribution in [0.4, 0.5) is 0 Å². The van der Waals surface area contributed by atoms with Crippen LogP contribution in [0.1, 0.15) is 96.9 Å². The van der Waals surface area contributed by atoms with E-state index < -0.39 is 0 Å². The summed E-state index contributed by atoms with van der Waals surface area (Å²) in [7, 11) is 0. The highest BCUT2D eigenvalue weighted by Gasteiger charge is 2.37. The van der Waals surface area contributed by atoms with Crippen molar-refractivity contribution in [1.29, 1.82) is 0 Å². The Bertz CT molecular complexity index is 2870. The van der Waals surface area contributed by atoms with E-state index in [-0.39, 0.29) is 5.41 Å². The Morgan fingerprint density at radius 3 is 1.91 bits per heavy atom. The maximum atomic E-state index is 2.51. The molecule has 0 nitrogen and oxygen atoms in total. The van der Waals surface area contributed by atoms with E-state index >= 15 is 0 Å². The molecule has 3 aliphatic carbocycles. The Balaban J connectivity index is 0.000000576. The molecule has 8 aromatic carbocycles. The van der Waals surface area contributed by atoms with Gasteiger partial charge in [-0.3, -0.25) is 0 Å². The number of rotatable bonds is 2. The summed E-state index contributed by atoms with van der Waals surface area (Å²) in [4.78, 5) is 0. The highest BCUT2D eigenvalue weighted by atomic mass is 14.4. The van der Waals surface area contributed by atoms with E-state index in [9.17, 15) is 0 Å². The van der Waals surface area contributed by atoms with Gasteiger partial charge in [0.15, 0.2) is 0 Å². The Labute approximate surface area is 327 Å². The predicted molar refractivity (Wildman–Crippen MR) is 245 cm³/mol. The van der Waals surface area contributed by atoms with Gasteiger partial charge >= 0.3 is 0 Å². The van der Waals surface area contributed by atoms with Crippen LogP contribution >= 0.6 is 0 Å². The van der Waals surface area contributed by atoms with E-state index in [0.717, 1.165) is 19.3 Å². The third-order valence-corrected chi connectivity index (χ3v) is 11.9. The van der Waals surface area contributed by atoms with Crippen LogP contribution in [0.25, 0.3) is 82.2 Å². The van der Waals surface area contributed by atoms with Gasteiger partial charge in [0.2, 0.25) is 0 Å². The molecule has 0 aliphatic heterocycles. The van der Waals surface area contributed by atoms with Crippen molar-refractivity contribution in [2.75, 3.05) is 0 Å². The second-order valence-electron chi connectivity index (χ2n) is 15.4. The molecule has 0 aromatic heterocycles. The van der Waals surface area contributed by atoms with Crippen LogP contribution in [0.2, 0.25) is 0 Å². The van der Waals surface area contributed by atoms with E-state index in [1.165, 1.54) is 116 Å². The van der Waals surface area contributed by atoms with Gasteiger partial charge in [0, 0.05) is 5.41 Å². The number of hydrogen-bond donors (Lipinski definition) is 0. The minimum Gasteiger partial charge on any atom is -0.0795 e. The zero-order valence-corrected chi connectivity index (χ0v) is 34.0. The molecule has 0 spiro atoms. The summed E-state index contributed by atoms with van der Waals surface area (Å²) in [5, 5.41) is 15.0. The van der Waals surface area contributed by atoms with Gasteiger partial charge < -0.3 is 0 Å². The Kier molecular flexibility index (Phi) is 9.72. The first kappa shape index (κ1) is 36.5. The fourth-order valence-electron chi connectivity index (χ4n) is 9.57. The number of fused-ring (bicyclic) bond motifs is 2. The van der Waals surface area contributed by atoms with Crippen molar-refractivity contribution >= 4 is 71.1 Å². The van der Waals surface area contributed by atoms with Gasteiger partial charge in [-0.1, -0.05) is 183 Å². The SMILES string of the molecule is CC.CC.CC1(C)C2=C(CC=CC(c3ccc4ccc5cccc6ccc3c4c56)=C2)c2ccc(-c3ccc4ccc5c6c(ccc3c46)=CCC5)cc21.CCC. The van der Waals surface area contributed by atoms with E-state index in [1.807, 2.05) is 27.7 Å². The van der Waals surface area contributed by atoms with Crippen molar-refractivity contribution < 1.29 is 0 Å². The average Bonchev–Trinajstić information content (AvgIpc) is 3.35. The van der Waals surface area contributed by atoms with E-state index in [2.05, 4.69) is 161 Å². The first-order valence-electron chi connectivity index (χ1n) is 20.9. The average molecular weight is 715 g/mol. The lowest BCUT2D eigenvalue weighted by molar-refractivity contribution is 0.654. The third-order valence-electron chi connectivity index (χ3n) is 11.9. The van der Waals surface area contributed by atoms with Crippen LogP contribution in [0.3, 0.4) is 0 Å². The van der Waals surface area contributed by atoms with Crippen LogP contribution in [0.15, 0.2) is 133 Å². The molecule has 0 saturated heterocycles. The molecular weight excluding hydrogens is 661 g/mol. The zero-order chi connectivity index (χ0) is 38.4. The molecule has 0 fully saturated rings. The lowest BCUT2D eigenvalue weighted by Gasteiger charge is -2.25. The summed E-state index contributed by atoms with van der Waals surface area (Å²) in [6.07, 6.45) is 14.1. The summed E-state index contributed by atoms with van der Waals surface area (Å²) >= 11 is 0. The van der Waals surface area contributed by atoms with Crippen LogP contribution in [0.5, 0.6) is 0 Å². The molecule has 0 amide bonds. The fraction of sp³-hybridized carbons (Fsp3) is 0.236. The summed E-state index contributed by atoms with van der Waals surface area (Å²) < 4.78 is 0. The molecule has 0 heterocycles. The molecule has 3 aliphatic rings. The Morgan fingerprint density at radius 1 is 0.582 bits per heavy atom. The van der Waals surface area contributed by atoms with Gasteiger partial charge in [-0.25, -0.2) is 0 Å². The van der Waals surface area contributed by atoms with Crippen molar-refractivity contribution in [3.8, 4) is 11.1 Å². The predicted octanol–water partition coefficient (Wildman–Crippen LogP) is 15.6. The first-order chi connectivity index (χ1) is 27.0. The Morgan fingerprint density at radius 2 is 1.16 bits per heavy atom. The van der Waals surface area contributed by atoms with Crippen LogP contribution in [-0.2, 0) is 11.8 Å². The molecule has 0 bridgehead atoms. The molecular formula is C55H54. The summed E-state index contributed by atoms with van der Waals surface area (Å²) in [5.41, 5.74) is 12.4. The molecule has 0 atom stereocenters. The van der Waals surface area contributed by atoms with Crippen LogP contribution < -0.4 is 5.22 Å². The highest BCUT2D eigenvalue weighted by Crippen LogP contribution is 2.52. The smallest absolute Gasteiger partial charge is 0.0156 e. The standard InChI is InChI=1S/C48H34.C3H8.2C2H6/c1-48(2)42-26-34(36-21-16-32-14-12-28-6-3-8-30-18-24-40(36)46(32)44(28)30)10-5-11-38(42)39-23-20-35(27-43(39)48)37-22-17-33-15-13-29-7-4-9-31-19-25-41(37)47(33)45(29)31;1-3-2;2*1-2/h3,5-6,8-10,12-27H,4,7,11H2,1-2H3;3H2,1-2H3;2*1-2H3. The lowest BCUT2D eigenvalue weighted by atomic mass is 9.79. The van der Waals surface area contributed by atoms with Crippen LogP contribution in [-0.4, -0.2) is 0 Å². The molecule has 8 aromatic rings. The summed E-state index contributed by atoms with van der Waals surface area (Å²) in [5.74, 6) is 0. The maximum Gasteiger partial charge on any atom is 0.0156 e. The molecule has 11 rings (SSSR count). The van der Waals surface area contributed by atoms with Crippen LogP contribution in [0, 0.1) is 0 Å². The molecule has 0 radical (unpaired) electrons. The maximum absolute atomic E-state index is 2.51.